The molecule has 0 aromatic heterocycles. The lowest BCUT2D eigenvalue weighted by Crippen LogP contribution is -2.46. The summed E-state index contributed by atoms with van der Waals surface area (Å²) in [7, 11) is -3.15. The third kappa shape index (κ3) is 7.34. The summed E-state index contributed by atoms with van der Waals surface area (Å²) in [5.74, 6) is -1.01. The SMILES string of the molecule is CC(C)(C)N(Cc1ccccc1)C(=O)COC(=O)c1ccc(CS(C)(=O)=O)cc1. The lowest BCUT2D eigenvalue weighted by molar-refractivity contribution is -0.140. The molecule has 1 amide bonds. The summed E-state index contributed by atoms with van der Waals surface area (Å²) in [5.41, 5.74) is 1.40. The molecule has 0 bridgehead atoms. The number of nitrogens with zero attached hydrogens (tertiary/aromatic N) is 1. The Balaban J connectivity index is 2.00. The molecule has 2 aromatic rings. The molecule has 0 aliphatic rings. The Morgan fingerprint density at radius 3 is 2.03 bits per heavy atom. The Labute approximate surface area is 172 Å². The highest BCUT2D eigenvalue weighted by atomic mass is 32.2. The summed E-state index contributed by atoms with van der Waals surface area (Å²) in [5, 5.41) is 0. The molecule has 2 rings (SSSR count). The van der Waals surface area contributed by atoms with Crippen molar-refractivity contribution in [2.75, 3.05) is 12.9 Å². The van der Waals surface area contributed by atoms with Gasteiger partial charge >= 0.3 is 5.97 Å². The highest BCUT2D eigenvalue weighted by molar-refractivity contribution is 7.89. The van der Waals surface area contributed by atoms with Gasteiger partial charge in [0.2, 0.25) is 0 Å². The van der Waals surface area contributed by atoms with Gasteiger partial charge in [-0.2, -0.15) is 0 Å². The van der Waals surface area contributed by atoms with Gasteiger partial charge < -0.3 is 9.64 Å². The third-order valence-electron chi connectivity index (χ3n) is 4.24. The van der Waals surface area contributed by atoms with E-state index in [9.17, 15) is 18.0 Å². The molecule has 2 aromatic carbocycles. The van der Waals surface area contributed by atoms with Crippen molar-refractivity contribution in [1.82, 2.24) is 4.90 Å². The van der Waals surface area contributed by atoms with Gasteiger partial charge in [-0.15, -0.1) is 0 Å². The summed E-state index contributed by atoms with van der Waals surface area (Å²) < 4.78 is 27.9. The summed E-state index contributed by atoms with van der Waals surface area (Å²) in [6.07, 6.45) is 1.15. The van der Waals surface area contributed by atoms with E-state index in [-0.39, 0.29) is 23.8 Å². The van der Waals surface area contributed by atoms with Crippen LogP contribution in [0.3, 0.4) is 0 Å². The van der Waals surface area contributed by atoms with E-state index in [1.54, 1.807) is 17.0 Å². The highest BCUT2D eigenvalue weighted by Crippen LogP contribution is 2.18. The van der Waals surface area contributed by atoms with E-state index in [1.807, 2.05) is 51.1 Å². The van der Waals surface area contributed by atoms with E-state index >= 15 is 0 Å². The van der Waals surface area contributed by atoms with Gasteiger partial charge in [-0.25, -0.2) is 13.2 Å². The number of benzene rings is 2. The van der Waals surface area contributed by atoms with Crippen LogP contribution in [0.1, 0.15) is 42.3 Å². The first-order chi connectivity index (χ1) is 13.5. The van der Waals surface area contributed by atoms with Gasteiger partial charge in [0.1, 0.15) is 0 Å². The number of esters is 1. The maximum atomic E-state index is 12.7. The normalized spacial score (nSPS) is 11.7. The average Bonchev–Trinajstić information content (AvgIpc) is 2.63. The average molecular weight is 418 g/mol. The zero-order valence-corrected chi connectivity index (χ0v) is 18.0. The first-order valence-electron chi connectivity index (χ1n) is 9.24. The standard InChI is InChI=1S/C22H27NO5S/c1-22(2,3)23(14-17-8-6-5-7-9-17)20(24)15-28-21(25)19-12-10-18(11-13-19)16-29(4,26)27/h5-13H,14-16H2,1-4H3. The van der Waals surface area contributed by atoms with E-state index in [2.05, 4.69) is 0 Å². The Kier molecular flexibility index (Phi) is 7.19. The number of amides is 1. The van der Waals surface area contributed by atoms with Crippen molar-refractivity contribution in [2.45, 2.75) is 38.6 Å². The largest absolute Gasteiger partial charge is 0.452 e. The molecule has 6 nitrogen and oxygen atoms in total. The van der Waals surface area contributed by atoms with Gasteiger partial charge in [0.25, 0.3) is 5.91 Å². The van der Waals surface area contributed by atoms with Crippen LogP contribution in [0.25, 0.3) is 0 Å². The van der Waals surface area contributed by atoms with Crippen LogP contribution >= 0.6 is 0 Å². The van der Waals surface area contributed by atoms with Crippen LogP contribution in [-0.4, -0.2) is 43.6 Å². The molecule has 0 saturated heterocycles. The van der Waals surface area contributed by atoms with Crippen molar-refractivity contribution in [2.24, 2.45) is 0 Å². The van der Waals surface area contributed by atoms with Crippen molar-refractivity contribution in [3.63, 3.8) is 0 Å². The number of ether oxygens (including phenoxy) is 1. The van der Waals surface area contributed by atoms with Gasteiger partial charge in [0.15, 0.2) is 16.4 Å². The Morgan fingerprint density at radius 2 is 1.52 bits per heavy atom. The molecule has 156 valence electrons. The molecule has 0 atom stereocenters. The summed E-state index contributed by atoms with van der Waals surface area (Å²) in [4.78, 5) is 26.7. The molecule has 0 heterocycles. The van der Waals surface area contributed by atoms with E-state index in [0.717, 1.165) is 11.8 Å². The Morgan fingerprint density at radius 1 is 0.931 bits per heavy atom. The number of carbonyl (C=O) groups excluding carboxylic acids is 2. The molecule has 0 aliphatic heterocycles. The van der Waals surface area contributed by atoms with Crippen LogP contribution in [0, 0.1) is 0 Å². The number of hydrogen-bond acceptors (Lipinski definition) is 5. The fraction of sp³-hybridized carbons (Fsp3) is 0.364. The maximum Gasteiger partial charge on any atom is 0.338 e. The minimum atomic E-state index is -3.15. The minimum Gasteiger partial charge on any atom is -0.452 e. The van der Waals surface area contributed by atoms with Crippen LogP contribution in [-0.2, 0) is 31.7 Å². The highest BCUT2D eigenvalue weighted by Gasteiger charge is 2.27. The maximum absolute atomic E-state index is 12.7. The molecule has 0 unspecified atom stereocenters. The van der Waals surface area contributed by atoms with Gasteiger partial charge in [-0.05, 0) is 44.0 Å². The van der Waals surface area contributed by atoms with Gasteiger partial charge in [0.05, 0.1) is 11.3 Å². The number of carbonyl (C=O) groups is 2. The van der Waals surface area contributed by atoms with Crippen LogP contribution < -0.4 is 0 Å². The third-order valence-corrected chi connectivity index (χ3v) is 5.10. The molecule has 0 spiro atoms. The van der Waals surface area contributed by atoms with Crippen LogP contribution in [0.5, 0.6) is 0 Å². The van der Waals surface area contributed by atoms with Crippen molar-refractivity contribution in [1.29, 1.82) is 0 Å². The first-order valence-corrected chi connectivity index (χ1v) is 11.3. The Hall–Kier alpha value is -2.67. The lowest BCUT2D eigenvalue weighted by Gasteiger charge is -2.35. The predicted octanol–water partition coefficient (Wildman–Crippen LogP) is 3.22. The van der Waals surface area contributed by atoms with Crippen molar-refractivity contribution < 1.29 is 22.7 Å². The molecule has 0 N–H and O–H groups in total. The molecule has 0 saturated carbocycles. The minimum absolute atomic E-state index is 0.0964. The summed E-state index contributed by atoms with van der Waals surface area (Å²) >= 11 is 0. The second-order valence-corrected chi connectivity index (χ2v) is 10.1. The zero-order valence-electron chi connectivity index (χ0n) is 17.2. The smallest absolute Gasteiger partial charge is 0.338 e. The lowest BCUT2D eigenvalue weighted by atomic mass is 10.0. The van der Waals surface area contributed by atoms with Crippen molar-refractivity contribution in [3.8, 4) is 0 Å². The summed E-state index contributed by atoms with van der Waals surface area (Å²) in [6.45, 7) is 5.83. The second-order valence-electron chi connectivity index (χ2n) is 7.98. The topological polar surface area (TPSA) is 80.8 Å². The molecule has 29 heavy (non-hydrogen) atoms. The molecule has 0 radical (unpaired) electrons. The van der Waals surface area contributed by atoms with Crippen LogP contribution in [0.2, 0.25) is 0 Å². The van der Waals surface area contributed by atoms with Crippen molar-refractivity contribution >= 4 is 21.7 Å². The second kappa shape index (κ2) is 9.22. The summed E-state index contributed by atoms with van der Waals surface area (Å²) in [6, 6.07) is 15.7. The fourth-order valence-corrected chi connectivity index (χ4v) is 3.59. The fourth-order valence-electron chi connectivity index (χ4n) is 2.79. The number of hydrogen-bond donors (Lipinski definition) is 0. The van der Waals surface area contributed by atoms with Gasteiger partial charge in [-0.3, -0.25) is 4.79 Å². The molecular weight excluding hydrogens is 390 g/mol. The monoisotopic (exact) mass is 417 g/mol. The van der Waals surface area contributed by atoms with Crippen LogP contribution in [0.15, 0.2) is 54.6 Å². The van der Waals surface area contributed by atoms with E-state index in [1.165, 1.54) is 12.1 Å². The molecule has 7 heteroatoms. The van der Waals surface area contributed by atoms with Gasteiger partial charge in [0, 0.05) is 18.3 Å². The zero-order chi connectivity index (χ0) is 21.7. The molecule has 0 aliphatic carbocycles. The van der Waals surface area contributed by atoms with Crippen molar-refractivity contribution in [3.05, 3.63) is 71.3 Å². The van der Waals surface area contributed by atoms with Gasteiger partial charge in [-0.1, -0.05) is 42.5 Å². The quantitative estimate of drug-likeness (QED) is 0.646. The molecular formula is C22H27NO5S. The van der Waals surface area contributed by atoms with Crippen LogP contribution in [0.4, 0.5) is 0 Å². The van der Waals surface area contributed by atoms with E-state index in [0.29, 0.717) is 12.1 Å². The predicted molar refractivity (Wildman–Crippen MR) is 112 cm³/mol. The van der Waals surface area contributed by atoms with E-state index in [4.69, 9.17) is 4.74 Å². The number of sulfone groups is 1. The molecule has 0 fully saturated rings. The first kappa shape index (κ1) is 22.6. The Bertz CT molecular complexity index is 945. The van der Waals surface area contributed by atoms with E-state index < -0.39 is 21.3 Å². The number of rotatable bonds is 7.